The normalized spacial score (nSPS) is 13.8. The van der Waals surface area contributed by atoms with Crippen molar-refractivity contribution in [2.24, 2.45) is 5.92 Å². The smallest absolute Gasteiger partial charge is 0.315 e. The van der Waals surface area contributed by atoms with Crippen molar-refractivity contribution in [1.82, 2.24) is 4.90 Å². The summed E-state index contributed by atoms with van der Waals surface area (Å²) < 4.78 is 0. The van der Waals surface area contributed by atoms with E-state index in [9.17, 15) is 9.59 Å². The highest BCUT2D eigenvalue weighted by atomic mass is 35.5. The number of nitrogens with zero attached hydrogens (tertiary/aromatic N) is 1. The third kappa shape index (κ3) is 3.01. The molecule has 0 fully saturated rings. The number of hydrogen-bond acceptors (Lipinski definition) is 2. The minimum absolute atomic E-state index is 0.270. The van der Waals surface area contributed by atoms with Crippen LogP contribution in [0.4, 0.5) is 0 Å². The predicted octanol–water partition coefficient (Wildman–Crippen LogP) is 2.58. The van der Waals surface area contributed by atoms with E-state index < -0.39 is 17.8 Å². The lowest BCUT2D eigenvalue weighted by Gasteiger charge is -2.27. The number of carbonyl (C=O) groups is 2. The van der Waals surface area contributed by atoms with Crippen LogP contribution < -0.4 is 0 Å². The van der Waals surface area contributed by atoms with E-state index in [1.807, 2.05) is 19.1 Å². The van der Waals surface area contributed by atoms with E-state index in [0.29, 0.717) is 5.02 Å². The fourth-order valence-electron chi connectivity index (χ4n) is 1.62. The van der Waals surface area contributed by atoms with Crippen molar-refractivity contribution in [2.45, 2.75) is 19.9 Å². The molecule has 0 aliphatic heterocycles. The molecule has 1 amide bonds. The van der Waals surface area contributed by atoms with Crippen LogP contribution >= 0.6 is 11.6 Å². The minimum Gasteiger partial charge on any atom is -0.481 e. The highest BCUT2D eigenvalue weighted by Gasteiger charge is 2.27. The quantitative estimate of drug-likeness (QED) is 0.855. The van der Waals surface area contributed by atoms with E-state index in [2.05, 4.69) is 0 Å². The van der Waals surface area contributed by atoms with Crippen molar-refractivity contribution < 1.29 is 14.7 Å². The molecule has 18 heavy (non-hydrogen) atoms. The molecule has 98 valence electrons. The van der Waals surface area contributed by atoms with Crippen molar-refractivity contribution >= 4 is 23.5 Å². The third-order valence-corrected chi connectivity index (χ3v) is 3.37. The van der Waals surface area contributed by atoms with Gasteiger partial charge in [-0.3, -0.25) is 9.59 Å². The van der Waals surface area contributed by atoms with E-state index in [0.717, 1.165) is 5.56 Å². The Balaban J connectivity index is 2.91. The summed E-state index contributed by atoms with van der Waals surface area (Å²) in [7, 11) is 1.58. The van der Waals surface area contributed by atoms with Crippen LogP contribution in [0.1, 0.15) is 25.5 Å². The standard InChI is InChI=1S/C13H16ClNO3/c1-8(13(17)18)12(16)15(3)9(2)10-6-4-5-7-11(10)14/h4-9H,1-3H3,(H,17,18). The highest BCUT2D eigenvalue weighted by molar-refractivity contribution is 6.31. The van der Waals surface area contributed by atoms with Gasteiger partial charge in [-0.25, -0.2) is 0 Å². The number of carboxylic acid groups (broad SMARTS) is 1. The SMILES string of the molecule is CC(C(=O)O)C(=O)N(C)C(C)c1ccccc1Cl. The Morgan fingerprint density at radius 3 is 2.33 bits per heavy atom. The second kappa shape index (κ2) is 5.87. The maximum atomic E-state index is 11.9. The number of amides is 1. The largest absolute Gasteiger partial charge is 0.481 e. The van der Waals surface area contributed by atoms with Crippen LogP contribution in [-0.2, 0) is 9.59 Å². The second-order valence-corrected chi connectivity index (χ2v) is 4.61. The number of hydrogen-bond donors (Lipinski definition) is 1. The molecule has 1 rings (SSSR count). The van der Waals surface area contributed by atoms with Gasteiger partial charge in [0, 0.05) is 12.1 Å². The van der Waals surface area contributed by atoms with Crippen LogP contribution in [0.15, 0.2) is 24.3 Å². The van der Waals surface area contributed by atoms with Gasteiger partial charge in [0.15, 0.2) is 0 Å². The number of rotatable bonds is 4. The summed E-state index contributed by atoms with van der Waals surface area (Å²) in [5.74, 6) is -2.62. The first-order chi connectivity index (χ1) is 8.36. The molecule has 0 radical (unpaired) electrons. The molecule has 1 N–H and O–H groups in total. The third-order valence-electron chi connectivity index (χ3n) is 3.02. The fourth-order valence-corrected chi connectivity index (χ4v) is 1.92. The van der Waals surface area contributed by atoms with Crippen LogP contribution in [0.3, 0.4) is 0 Å². The fraction of sp³-hybridized carbons (Fsp3) is 0.385. The lowest BCUT2D eigenvalue weighted by atomic mass is 10.0. The summed E-state index contributed by atoms with van der Waals surface area (Å²) in [5, 5.41) is 9.40. The number of halogens is 1. The molecule has 0 heterocycles. The number of aliphatic carboxylic acids is 1. The van der Waals surface area contributed by atoms with Gasteiger partial charge in [-0.1, -0.05) is 29.8 Å². The summed E-state index contributed by atoms with van der Waals surface area (Å²) >= 11 is 6.06. The molecule has 2 atom stereocenters. The first-order valence-corrected chi connectivity index (χ1v) is 5.98. The topological polar surface area (TPSA) is 57.6 Å². The first kappa shape index (κ1) is 14.5. The first-order valence-electron chi connectivity index (χ1n) is 5.60. The molecular formula is C13H16ClNO3. The van der Waals surface area contributed by atoms with Crippen molar-refractivity contribution in [1.29, 1.82) is 0 Å². The molecule has 4 nitrogen and oxygen atoms in total. The monoisotopic (exact) mass is 269 g/mol. The van der Waals surface area contributed by atoms with Crippen LogP contribution in [-0.4, -0.2) is 28.9 Å². The van der Waals surface area contributed by atoms with E-state index in [-0.39, 0.29) is 6.04 Å². The average molecular weight is 270 g/mol. The Bertz CT molecular complexity index is 461. The Kier molecular flexibility index (Phi) is 4.73. The molecule has 0 saturated carbocycles. The van der Waals surface area contributed by atoms with E-state index in [1.54, 1.807) is 19.2 Å². The second-order valence-electron chi connectivity index (χ2n) is 4.21. The molecule has 2 unspecified atom stereocenters. The van der Waals surface area contributed by atoms with E-state index in [4.69, 9.17) is 16.7 Å². The molecule has 0 aliphatic rings. The lowest BCUT2D eigenvalue weighted by Crippen LogP contribution is -2.37. The Morgan fingerprint density at radius 2 is 1.83 bits per heavy atom. The predicted molar refractivity (Wildman–Crippen MR) is 69.4 cm³/mol. The van der Waals surface area contributed by atoms with Gasteiger partial charge in [0.2, 0.25) is 5.91 Å². The molecule has 1 aromatic carbocycles. The average Bonchev–Trinajstić information content (AvgIpc) is 2.35. The molecule has 0 bridgehead atoms. The minimum atomic E-state index is -1.13. The maximum Gasteiger partial charge on any atom is 0.315 e. The molecule has 1 aromatic rings. The Hall–Kier alpha value is -1.55. The van der Waals surface area contributed by atoms with Gasteiger partial charge in [0.1, 0.15) is 5.92 Å². The lowest BCUT2D eigenvalue weighted by molar-refractivity contribution is -0.150. The molecule has 0 aliphatic carbocycles. The Morgan fingerprint density at radius 1 is 1.28 bits per heavy atom. The molecular weight excluding hydrogens is 254 g/mol. The van der Waals surface area contributed by atoms with Crippen molar-refractivity contribution in [3.05, 3.63) is 34.9 Å². The van der Waals surface area contributed by atoms with Crippen molar-refractivity contribution in [3.63, 3.8) is 0 Å². The zero-order valence-electron chi connectivity index (χ0n) is 10.6. The molecule has 5 heteroatoms. The van der Waals surface area contributed by atoms with E-state index >= 15 is 0 Å². The van der Waals surface area contributed by atoms with Crippen LogP contribution in [0.2, 0.25) is 5.02 Å². The van der Waals surface area contributed by atoms with Gasteiger partial charge < -0.3 is 10.0 Å². The summed E-state index contributed by atoms with van der Waals surface area (Å²) in [6, 6.07) is 6.93. The summed E-state index contributed by atoms with van der Waals surface area (Å²) in [4.78, 5) is 24.1. The van der Waals surface area contributed by atoms with Crippen molar-refractivity contribution in [3.8, 4) is 0 Å². The van der Waals surface area contributed by atoms with Gasteiger partial charge in [0.05, 0.1) is 6.04 Å². The van der Waals surface area contributed by atoms with Gasteiger partial charge in [-0.05, 0) is 25.5 Å². The molecule has 0 saturated heterocycles. The summed E-state index contributed by atoms with van der Waals surface area (Å²) in [5.41, 5.74) is 0.799. The Labute approximate surface area is 111 Å². The molecule has 0 aromatic heterocycles. The van der Waals surface area contributed by atoms with Gasteiger partial charge in [-0.15, -0.1) is 0 Å². The van der Waals surface area contributed by atoms with Crippen LogP contribution in [0, 0.1) is 5.92 Å². The van der Waals surface area contributed by atoms with Crippen LogP contribution in [0.5, 0.6) is 0 Å². The zero-order chi connectivity index (χ0) is 13.9. The van der Waals surface area contributed by atoms with Gasteiger partial charge in [-0.2, -0.15) is 0 Å². The van der Waals surface area contributed by atoms with Gasteiger partial charge >= 0.3 is 5.97 Å². The zero-order valence-corrected chi connectivity index (χ0v) is 11.3. The van der Waals surface area contributed by atoms with Crippen molar-refractivity contribution in [2.75, 3.05) is 7.05 Å². The summed E-state index contributed by atoms with van der Waals surface area (Å²) in [6.45, 7) is 3.19. The summed E-state index contributed by atoms with van der Waals surface area (Å²) in [6.07, 6.45) is 0. The highest BCUT2D eigenvalue weighted by Crippen LogP contribution is 2.27. The maximum absolute atomic E-state index is 11.9. The van der Waals surface area contributed by atoms with Crippen LogP contribution in [0.25, 0.3) is 0 Å². The number of carboxylic acids is 1. The number of carbonyl (C=O) groups excluding carboxylic acids is 1. The number of benzene rings is 1. The van der Waals surface area contributed by atoms with Gasteiger partial charge in [0.25, 0.3) is 0 Å². The van der Waals surface area contributed by atoms with E-state index in [1.165, 1.54) is 11.8 Å². The molecule has 0 spiro atoms.